The molecule has 6 heteroatoms. The third-order valence-electron chi connectivity index (χ3n) is 6.15. The second kappa shape index (κ2) is 6.78. The van der Waals surface area contributed by atoms with Gasteiger partial charge in [0.2, 0.25) is 5.43 Å². The summed E-state index contributed by atoms with van der Waals surface area (Å²) < 4.78 is 7.81. The van der Waals surface area contributed by atoms with Gasteiger partial charge in [0.05, 0.1) is 6.54 Å². The maximum Gasteiger partial charge on any atom is 0.276 e. The summed E-state index contributed by atoms with van der Waals surface area (Å²) >= 11 is 0. The van der Waals surface area contributed by atoms with E-state index in [1.165, 1.54) is 18.9 Å². The van der Waals surface area contributed by atoms with E-state index < -0.39 is 0 Å². The van der Waals surface area contributed by atoms with Crippen molar-refractivity contribution in [2.24, 2.45) is 0 Å². The Morgan fingerprint density at radius 3 is 2.61 bits per heavy atom. The quantitative estimate of drug-likeness (QED) is 0.819. The molecular weight excluding hydrogens is 354 g/mol. The molecular formula is C22H25N3O3. The lowest BCUT2D eigenvalue weighted by molar-refractivity contribution is -0.0363. The van der Waals surface area contributed by atoms with E-state index in [1.807, 2.05) is 39.8 Å². The average molecular weight is 379 g/mol. The fraction of sp³-hybridized carbons (Fsp3) is 0.455. The van der Waals surface area contributed by atoms with Gasteiger partial charge in [0.1, 0.15) is 12.8 Å². The fourth-order valence-corrected chi connectivity index (χ4v) is 4.53. The van der Waals surface area contributed by atoms with Gasteiger partial charge in [-0.1, -0.05) is 30.3 Å². The van der Waals surface area contributed by atoms with Crippen LogP contribution in [0.15, 0.2) is 47.4 Å². The number of fused-ring (bicyclic) bond motifs is 2. The minimum Gasteiger partial charge on any atom is -0.483 e. The van der Waals surface area contributed by atoms with Crippen molar-refractivity contribution in [3.63, 3.8) is 0 Å². The SMILES string of the molecule is C[C@H]1CCN(C2CC2)[C@@H]2Cn3ccc(=O)c(OCc4ccccc4)c3C(=O)N12. The molecule has 146 valence electrons. The molecule has 2 aromatic rings. The first-order chi connectivity index (χ1) is 13.6. The van der Waals surface area contributed by atoms with E-state index in [0.29, 0.717) is 18.3 Å². The van der Waals surface area contributed by atoms with Crippen molar-refractivity contribution in [3.8, 4) is 5.75 Å². The Hall–Kier alpha value is -2.60. The van der Waals surface area contributed by atoms with Crippen LogP contribution in [-0.4, -0.2) is 45.1 Å². The first-order valence-corrected chi connectivity index (χ1v) is 10.1. The van der Waals surface area contributed by atoms with Crippen LogP contribution in [0.5, 0.6) is 5.75 Å². The largest absolute Gasteiger partial charge is 0.483 e. The number of rotatable bonds is 4. The average Bonchev–Trinajstić information content (AvgIpc) is 3.53. The van der Waals surface area contributed by atoms with Gasteiger partial charge in [0, 0.05) is 30.9 Å². The molecule has 2 atom stereocenters. The third-order valence-corrected chi connectivity index (χ3v) is 6.15. The number of pyridine rings is 1. The van der Waals surface area contributed by atoms with Crippen molar-refractivity contribution in [1.82, 2.24) is 14.4 Å². The van der Waals surface area contributed by atoms with Gasteiger partial charge in [-0.3, -0.25) is 14.5 Å². The number of ether oxygens (including phenoxy) is 1. The van der Waals surface area contributed by atoms with Crippen molar-refractivity contribution in [1.29, 1.82) is 0 Å². The van der Waals surface area contributed by atoms with Gasteiger partial charge in [-0.25, -0.2) is 0 Å². The normalized spacial score (nSPS) is 24.6. The maximum absolute atomic E-state index is 13.5. The summed E-state index contributed by atoms with van der Waals surface area (Å²) in [6, 6.07) is 12.0. The number of benzene rings is 1. The molecule has 0 spiro atoms. The Balaban J connectivity index is 1.50. The van der Waals surface area contributed by atoms with E-state index in [0.717, 1.165) is 18.5 Å². The molecule has 0 unspecified atom stereocenters. The highest BCUT2D eigenvalue weighted by Crippen LogP contribution is 2.37. The van der Waals surface area contributed by atoms with Gasteiger partial charge in [0.15, 0.2) is 11.4 Å². The minimum absolute atomic E-state index is 0.0701. The van der Waals surface area contributed by atoms with Gasteiger partial charge >= 0.3 is 0 Å². The van der Waals surface area contributed by atoms with Crippen LogP contribution in [0.3, 0.4) is 0 Å². The molecule has 1 aromatic heterocycles. The second-order valence-corrected chi connectivity index (χ2v) is 8.08. The number of hydrogen-bond donors (Lipinski definition) is 0. The highest BCUT2D eigenvalue weighted by atomic mass is 16.5. The molecule has 28 heavy (non-hydrogen) atoms. The lowest BCUT2D eigenvalue weighted by Crippen LogP contribution is -2.64. The van der Waals surface area contributed by atoms with Crippen LogP contribution >= 0.6 is 0 Å². The summed E-state index contributed by atoms with van der Waals surface area (Å²) in [4.78, 5) is 30.5. The summed E-state index contributed by atoms with van der Waals surface area (Å²) in [6.45, 7) is 4.10. The van der Waals surface area contributed by atoms with Gasteiger partial charge < -0.3 is 14.2 Å². The molecule has 6 nitrogen and oxygen atoms in total. The van der Waals surface area contributed by atoms with Crippen LogP contribution in [0.4, 0.5) is 0 Å². The zero-order valence-electron chi connectivity index (χ0n) is 16.1. The number of nitrogens with zero attached hydrogens (tertiary/aromatic N) is 3. The molecule has 0 radical (unpaired) electrons. The molecule has 1 amide bonds. The maximum atomic E-state index is 13.5. The molecule has 3 heterocycles. The number of amides is 1. The Bertz CT molecular complexity index is 951. The highest BCUT2D eigenvalue weighted by Gasteiger charge is 2.46. The van der Waals surface area contributed by atoms with Crippen LogP contribution in [0, 0.1) is 0 Å². The number of carbonyl (C=O) groups excluding carboxylic acids is 1. The summed E-state index contributed by atoms with van der Waals surface area (Å²) in [5.74, 6) is 0.0837. The zero-order chi connectivity index (χ0) is 19.3. The van der Waals surface area contributed by atoms with Crippen molar-refractivity contribution >= 4 is 5.91 Å². The molecule has 2 fully saturated rings. The zero-order valence-corrected chi connectivity index (χ0v) is 16.1. The molecule has 1 aliphatic carbocycles. The lowest BCUT2D eigenvalue weighted by atomic mass is 10.0. The molecule has 5 rings (SSSR count). The monoisotopic (exact) mass is 379 g/mol. The molecule has 0 N–H and O–H groups in total. The smallest absolute Gasteiger partial charge is 0.276 e. The third kappa shape index (κ3) is 2.92. The molecule has 0 bridgehead atoms. The molecule has 1 aromatic carbocycles. The van der Waals surface area contributed by atoms with Crippen LogP contribution in [-0.2, 0) is 13.2 Å². The van der Waals surface area contributed by atoms with Crippen molar-refractivity contribution in [2.45, 2.75) is 57.6 Å². The number of carbonyl (C=O) groups is 1. The summed E-state index contributed by atoms with van der Waals surface area (Å²) in [6.07, 6.45) is 5.22. The first kappa shape index (κ1) is 17.5. The Labute approximate surface area is 164 Å². The molecule has 1 saturated carbocycles. The predicted octanol–water partition coefficient (Wildman–Crippen LogP) is 2.47. The van der Waals surface area contributed by atoms with E-state index in [-0.39, 0.29) is 35.9 Å². The topological polar surface area (TPSA) is 54.8 Å². The molecule has 1 saturated heterocycles. The van der Waals surface area contributed by atoms with Crippen LogP contribution in [0.25, 0.3) is 0 Å². The van der Waals surface area contributed by atoms with Gasteiger partial charge in [0.25, 0.3) is 5.91 Å². The molecule has 2 aliphatic heterocycles. The van der Waals surface area contributed by atoms with Crippen LogP contribution in [0.1, 0.15) is 42.2 Å². The van der Waals surface area contributed by atoms with Gasteiger partial charge in [-0.05, 0) is 31.7 Å². The molecule has 3 aliphatic rings. The summed E-state index contributed by atoms with van der Waals surface area (Å²) in [7, 11) is 0. The minimum atomic E-state index is -0.238. The van der Waals surface area contributed by atoms with Gasteiger partial charge in [-0.15, -0.1) is 0 Å². The number of hydrogen-bond acceptors (Lipinski definition) is 4. The van der Waals surface area contributed by atoms with E-state index >= 15 is 0 Å². The van der Waals surface area contributed by atoms with E-state index in [9.17, 15) is 9.59 Å². The predicted molar refractivity (Wildman–Crippen MR) is 105 cm³/mol. The number of aromatic nitrogens is 1. The van der Waals surface area contributed by atoms with Crippen LogP contribution in [0.2, 0.25) is 0 Å². The summed E-state index contributed by atoms with van der Waals surface area (Å²) in [5.41, 5.74) is 1.12. The van der Waals surface area contributed by atoms with E-state index in [4.69, 9.17) is 4.74 Å². The highest BCUT2D eigenvalue weighted by molar-refractivity contribution is 5.96. The Morgan fingerprint density at radius 2 is 1.86 bits per heavy atom. The standard InChI is InChI=1S/C22H25N3O3/c1-15-9-12-24(17-7-8-17)19-13-23-11-10-18(26)21(20(23)22(27)25(15)19)28-14-16-5-3-2-4-6-16/h2-6,10-11,15,17,19H,7-9,12-14H2,1H3/t15-,19-/m0/s1. The fourth-order valence-electron chi connectivity index (χ4n) is 4.53. The first-order valence-electron chi connectivity index (χ1n) is 10.1. The van der Waals surface area contributed by atoms with Crippen LogP contribution < -0.4 is 10.2 Å². The lowest BCUT2D eigenvalue weighted by Gasteiger charge is -2.50. The Kier molecular flexibility index (Phi) is 4.23. The van der Waals surface area contributed by atoms with E-state index in [2.05, 4.69) is 11.8 Å². The second-order valence-electron chi connectivity index (χ2n) is 8.08. The van der Waals surface area contributed by atoms with Crippen molar-refractivity contribution < 1.29 is 9.53 Å². The van der Waals surface area contributed by atoms with Crippen molar-refractivity contribution in [2.75, 3.05) is 6.54 Å². The van der Waals surface area contributed by atoms with Crippen molar-refractivity contribution in [3.05, 3.63) is 64.1 Å². The summed E-state index contributed by atoms with van der Waals surface area (Å²) in [5, 5.41) is 0. The van der Waals surface area contributed by atoms with E-state index in [1.54, 1.807) is 6.20 Å². The van der Waals surface area contributed by atoms with Gasteiger partial charge in [-0.2, -0.15) is 0 Å². The Morgan fingerprint density at radius 1 is 1.07 bits per heavy atom.